The smallest absolute Gasteiger partial charge is 0.146 e. The first-order valence-corrected chi connectivity index (χ1v) is 18.0. The average molecular weight is 665 g/mol. The number of hydrogen-bond acceptors (Lipinski definition) is 2. The van der Waals surface area contributed by atoms with Gasteiger partial charge in [-0.2, -0.15) is 0 Å². The summed E-state index contributed by atoms with van der Waals surface area (Å²) in [4.78, 5) is 0. The molecule has 2 aliphatic rings. The Morgan fingerprint density at radius 2 is 0.981 bits per heavy atom. The maximum atomic E-state index is 6.80. The van der Waals surface area contributed by atoms with E-state index in [2.05, 4.69) is 176 Å². The largest absolute Gasteiger partial charge is 0.484 e. The van der Waals surface area contributed by atoms with Crippen LogP contribution in [-0.4, -0.2) is 6.10 Å². The van der Waals surface area contributed by atoms with Crippen molar-refractivity contribution in [1.29, 1.82) is 0 Å². The van der Waals surface area contributed by atoms with E-state index in [4.69, 9.17) is 9.15 Å². The van der Waals surface area contributed by atoms with E-state index in [1.807, 2.05) is 6.07 Å². The molecule has 244 valence electrons. The zero-order chi connectivity index (χ0) is 34.2. The summed E-state index contributed by atoms with van der Waals surface area (Å²) in [6.45, 7) is 0. The van der Waals surface area contributed by atoms with E-state index in [1.54, 1.807) is 0 Å². The second-order valence-corrected chi connectivity index (χ2v) is 13.9. The summed E-state index contributed by atoms with van der Waals surface area (Å²) in [5, 5.41) is 7.16. The molecule has 0 saturated carbocycles. The highest BCUT2D eigenvalue weighted by Gasteiger charge is 2.36. The lowest BCUT2D eigenvalue weighted by atomic mass is 9.83. The van der Waals surface area contributed by atoms with E-state index in [1.165, 1.54) is 54.9 Å². The number of benzene rings is 8. The highest BCUT2D eigenvalue weighted by Crippen LogP contribution is 2.53. The third-order valence-corrected chi connectivity index (χ3v) is 11.0. The van der Waals surface area contributed by atoms with Crippen LogP contribution >= 0.6 is 0 Å². The molecule has 11 rings (SSSR count). The lowest BCUT2D eigenvalue weighted by Crippen LogP contribution is -2.15. The molecule has 2 heterocycles. The van der Waals surface area contributed by atoms with Crippen molar-refractivity contribution >= 4 is 43.5 Å². The summed E-state index contributed by atoms with van der Waals surface area (Å²) in [6, 6.07) is 56.9. The van der Waals surface area contributed by atoms with Gasteiger partial charge in [0.05, 0.1) is 5.56 Å². The minimum absolute atomic E-state index is 0.0288. The van der Waals surface area contributed by atoms with Crippen molar-refractivity contribution in [2.75, 3.05) is 0 Å². The van der Waals surface area contributed by atoms with Gasteiger partial charge in [-0.1, -0.05) is 158 Å². The monoisotopic (exact) mass is 664 g/mol. The first kappa shape index (κ1) is 29.1. The predicted octanol–water partition coefficient (Wildman–Crippen LogP) is 13.5. The van der Waals surface area contributed by atoms with Gasteiger partial charge in [0.1, 0.15) is 23.0 Å². The fraction of sp³-hybridized carbons (Fsp3) is 0.0400. The Labute approximate surface area is 301 Å². The second-order valence-electron chi connectivity index (χ2n) is 13.9. The zero-order valence-corrected chi connectivity index (χ0v) is 28.3. The van der Waals surface area contributed by atoms with E-state index < -0.39 is 0 Å². The van der Waals surface area contributed by atoms with Crippen LogP contribution in [0.15, 0.2) is 186 Å². The van der Waals surface area contributed by atoms with Crippen molar-refractivity contribution in [2.24, 2.45) is 0 Å². The lowest BCUT2D eigenvalue weighted by Gasteiger charge is -2.20. The van der Waals surface area contributed by atoms with Crippen LogP contribution in [0, 0.1) is 0 Å². The van der Waals surface area contributed by atoms with Crippen LogP contribution in [0.25, 0.3) is 88.0 Å². The maximum Gasteiger partial charge on any atom is 0.146 e. The minimum Gasteiger partial charge on any atom is -0.484 e. The van der Waals surface area contributed by atoms with Gasteiger partial charge in [0.15, 0.2) is 0 Å². The third kappa shape index (κ3) is 4.31. The standard InChI is InChI=1S/C50H32O2/c1-2-15-31(16-3-1)34-19-4-5-22-37(34)48-40-25-8-6-23-38(40)46(39-24-7-9-26-41(39)48)32-17-14-18-33(29-32)47-49-42(35-20-10-12-27-44(35)51-49)30-43-36-21-11-13-28-45(36)52-50(43)47/h1-30,35,44H. The number of para-hydroxylation sites is 1. The Morgan fingerprint density at radius 1 is 0.404 bits per heavy atom. The molecule has 0 saturated heterocycles. The molecule has 0 bridgehead atoms. The van der Waals surface area contributed by atoms with Crippen molar-refractivity contribution in [3.8, 4) is 50.3 Å². The van der Waals surface area contributed by atoms with Crippen LogP contribution in [0.4, 0.5) is 0 Å². The van der Waals surface area contributed by atoms with Crippen LogP contribution in [-0.2, 0) is 0 Å². The van der Waals surface area contributed by atoms with E-state index in [0.29, 0.717) is 0 Å². The molecule has 9 aromatic rings. The number of fused-ring (bicyclic) bond motifs is 8. The fourth-order valence-electron chi connectivity index (χ4n) is 8.75. The average Bonchev–Trinajstić information content (AvgIpc) is 3.77. The quantitative estimate of drug-likeness (QED) is 0.175. The summed E-state index contributed by atoms with van der Waals surface area (Å²) in [6.07, 6.45) is 8.63. The Morgan fingerprint density at radius 3 is 1.73 bits per heavy atom. The molecule has 2 unspecified atom stereocenters. The SMILES string of the molecule is C1=CC2Oc3c(cc4c(oc5ccccc54)c3-c3cccc(-c4c5ccccc5c(-c5ccccc5-c5ccccc5)c5ccccc45)c3)C2C=C1. The van der Waals surface area contributed by atoms with E-state index in [-0.39, 0.29) is 12.0 Å². The lowest BCUT2D eigenvalue weighted by molar-refractivity contribution is 0.270. The molecule has 1 aromatic heterocycles. The fourth-order valence-corrected chi connectivity index (χ4v) is 8.75. The summed E-state index contributed by atoms with van der Waals surface area (Å²) < 4.78 is 13.5. The molecule has 0 fully saturated rings. The van der Waals surface area contributed by atoms with Crippen LogP contribution in [0.5, 0.6) is 5.75 Å². The first-order chi connectivity index (χ1) is 25.8. The molecule has 0 spiro atoms. The van der Waals surface area contributed by atoms with Crippen LogP contribution < -0.4 is 4.74 Å². The second kappa shape index (κ2) is 11.4. The molecule has 0 amide bonds. The Bertz CT molecular complexity index is 2890. The summed E-state index contributed by atoms with van der Waals surface area (Å²) >= 11 is 0. The number of rotatable bonds is 4. The van der Waals surface area contributed by atoms with Crippen molar-refractivity contribution in [2.45, 2.75) is 12.0 Å². The first-order valence-electron chi connectivity index (χ1n) is 18.0. The summed E-state index contributed by atoms with van der Waals surface area (Å²) in [5.74, 6) is 1.08. The zero-order valence-electron chi connectivity index (χ0n) is 28.3. The molecule has 8 aromatic carbocycles. The van der Waals surface area contributed by atoms with Gasteiger partial charge in [-0.15, -0.1) is 0 Å². The van der Waals surface area contributed by atoms with Crippen molar-refractivity contribution in [3.05, 3.63) is 188 Å². The van der Waals surface area contributed by atoms with E-state index in [0.717, 1.165) is 44.4 Å². The van der Waals surface area contributed by atoms with E-state index >= 15 is 0 Å². The Hall–Kier alpha value is -6.64. The molecular formula is C50H32O2. The van der Waals surface area contributed by atoms with Gasteiger partial charge in [0.2, 0.25) is 0 Å². The number of allylic oxidation sites excluding steroid dienone is 2. The number of hydrogen-bond donors (Lipinski definition) is 0. The molecule has 2 nitrogen and oxygen atoms in total. The molecule has 52 heavy (non-hydrogen) atoms. The normalized spacial score (nSPS) is 16.1. The number of ether oxygens (including phenoxy) is 1. The van der Waals surface area contributed by atoms with Crippen molar-refractivity contribution in [3.63, 3.8) is 0 Å². The summed E-state index contributed by atoms with van der Waals surface area (Å²) in [7, 11) is 0. The molecule has 0 N–H and O–H groups in total. The summed E-state index contributed by atoms with van der Waals surface area (Å²) in [5.41, 5.74) is 12.4. The highest BCUT2D eigenvalue weighted by molar-refractivity contribution is 6.22. The molecule has 0 radical (unpaired) electrons. The van der Waals surface area contributed by atoms with Gasteiger partial charge >= 0.3 is 0 Å². The Balaban J connectivity index is 1.18. The number of furan rings is 1. The van der Waals surface area contributed by atoms with Gasteiger partial charge in [0.25, 0.3) is 0 Å². The molecule has 1 aliphatic heterocycles. The van der Waals surface area contributed by atoms with Crippen molar-refractivity contribution < 1.29 is 9.15 Å². The van der Waals surface area contributed by atoms with Gasteiger partial charge in [-0.05, 0) is 84.8 Å². The molecular weight excluding hydrogens is 633 g/mol. The van der Waals surface area contributed by atoms with Crippen molar-refractivity contribution in [1.82, 2.24) is 0 Å². The van der Waals surface area contributed by atoms with Crippen LogP contribution in [0.2, 0.25) is 0 Å². The van der Waals surface area contributed by atoms with Gasteiger partial charge < -0.3 is 9.15 Å². The van der Waals surface area contributed by atoms with Crippen LogP contribution in [0.3, 0.4) is 0 Å². The topological polar surface area (TPSA) is 22.4 Å². The Kier molecular flexibility index (Phi) is 6.41. The van der Waals surface area contributed by atoms with Gasteiger partial charge in [-0.3, -0.25) is 0 Å². The minimum atomic E-state index is -0.0288. The van der Waals surface area contributed by atoms with Gasteiger partial charge in [0, 0.05) is 22.3 Å². The van der Waals surface area contributed by atoms with Crippen LogP contribution in [0.1, 0.15) is 11.5 Å². The molecule has 2 atom stereocenters. The molecule has 2 heteroatoms. The predicted molar refractivity (Wildman–Crippen MR) is 216 cm³/mol. The third-order valence-electron chi connectivity index (χ3n) is 11.0. The molecule has 1 aliphatic carbocycles. The van der Waals surface area contributed by atoms with E-state index in [9.17, 15) is 0 Å². The highest BCUT2D eigenvalue weighted by atomic mass is 16.5. The van der Waals surface area contributed by atoms with Gasteiger partial charge in [-0.25, -0.2) is 0 Å². The maximum absolute atomic E-state index is 6.80.